The summed E-state index contributed by atoms with van der Waals surface area (Å²) in [6, 6.07) is 5.33. The number of sulfonamides is 1. The van der Waals surface area contributed by atoms with E-state index in [1.54, 1.807) is 0 Å². The van der Waals surface area contributed by atoms with Crippen LogP contribution in [-0.2, 0) is 14.8 Å². The van der Waals surface area contributed by atoms with Gasteiger partial charge in [0.2, 0.25) is 10.0 Å². The van der Waals surface area contributed by atoms with E-state index in [2.05, 4.69) is 4.72 Å². The lowest BCUT2D eigenvalue weighted by Crippen LogP contribution is -2.43. The number of hydrogen-bond acceptors (Lipinski definition) is 3. The quantitative estimate of drug-likeness (QED) is 0.925. The van der Waals surface area contributed by atoms with Crippen LogP contribution in [0.2, 0.25) is 0 Å². The zero-order valence-electron chi connectivity index (χ0n) is 12.7. The van der Waals surface area contributed by atoms with Gasteiger partial charge in [-0.1, -0.05) is 19.9 Å². The fraction of sp³-hybridized carbons (Fsp3) is 0.562. The molecule has 0 heterocycles. The van der Waals surface area contributed by atoms with Crippen molar-refractivity contribution in [2.75, 3.05) is 10.5 Å². The Kier molecular flexibility index (Phi) is 3.36. The van der Waals surface area contributed by atoms with Crippen molar-refractivity contribution in [1.82, 2.24) is 0 Å². The Labute approximate surface area is 130 Å². The fourth-order valence-electron chi connectivity index (χ4n) is 4.20. The lowest BCUT2D eigenvalue weighted by molar-refractivity contribution is -0.128. The van der Waals surface area contributed by atoms with Crippen molar-refractivity contribution >= 4 is 21.5 Å². The second-order valence-electron chi connectivity index (χ2n) is 7.04. The highest BCUT2D eigenvalue weighted by atomic mass is 32.2. The van der Waals surface area contributed by atoms with Gasteiger partial charge in [-0.2, -0.15) is 0 Å². The summed E-state index contributed by atoms with van der Waals surface area (Å²) in [5, 5.41) is 0. The van der Waals surface area contributed by atoms with Crippen LogP contribution in [0.25, 0.3) is 0 Å². The number of rotatable bonds is 4. The van der Waals surface area contributed by atoms with Crippen LogP contribution in [0.15, 0.2) is 24.3 Å². The number of ketones is 1. The predicted molar refractivity (Wildman–Crippen MR) is 82.4 cm³/mol. The van der Waals surface area contributed by atoms with Crippen LogP contribution in [0.4, 0.5) is 10.1 Å². The number of Topliss-reactive ketones (excluding diaryl/α,β-unsaturated/α-hetero) is 1. The summed E-state index contributed by atoms with van der Waals surface area (Å²) in [5.74, 6) is -0.405. The molecule has 0 saturated heterocycles. The molecular weight excluding hydrogens is 305 g/mol. The SMILES string of the molecule is CC1(C)[C@@H]2CC[C@@]1(CS(=O)(=O)Nc1cccc(F)c1)C(=O)C2. The van der Waals surface area contributed by atoms with Crippen LogP contribution in [-0.4, -0.2) is 20.0 Å². The maximum atomic E-state index is 13.2. The first-order valence-electron chi connectivity index (χ1n) is 7.46. The third kappa shape index (κ3) is 2.24. The summed E-state index contributed by atoms with van der Waals surface area (Å²) < 4.78 is 40.6. The second kappa shape index (κ2) is 4.78. The van der Waals surface area contributed by atoms with E-state index < -0.39 is 21.3 Å². The Bertz CT molecular complexity index is 729. The highest BCUT2D eigenvalue weighted by Crippen LogP contribution is 2.64. The van der Waals surface area contributed by atoms with Crippen LogP contribution < -0.4 is 4.72 Å². The molecule has 1 N–H and O–H groups in total. The minimum atomic E-state index is -3.72. The van der Waals surface area contributed by atoms with E-state index in [0.29, 0.717) is 12.8 Å². The summed E-state index contributed by atoms with van der Waals surface area (Å²) in [7, 11) is -3.72. The molecule has 2 aliphatic carbocycles. The molecule has 2 saturated carbocycles. The van der Waals surface area contributed by atoms with E-state index in [1.165, 1.54) is 18.2 Å². The first kappa shape index (κ1) is 15.5. The normalized spacial score (nSPS) is 29.8. The molecule has 22 heavy (non-hydrogen) atoms. The van der Waals surface area contributed by atoms with Crippen LogP contribution >= 0.6 is 0 Å². The Hall–Kier alpha value is -1.43. The first-order chi connectivity index (χ1) is 10.2. The van der Waals surface area contributed by atoms with Crippen molar-refractivity contribution in [2.45, 2.75) is 33.1 Å². The van der Waals surface area contributed by atoms with Gasteiger partial charge < -0.3 is 0 Å². The monoisotopic (exact) mass is 325 g/mol. The number of benzene rings is 1. The summed E-state index contributed by atoms with van der Waals surface area (Å²) >= 11 is 0. The molecule has 0 radical (unpaired) electrons. The average molecular weight is 325 g/mol. The number of nitrogens with one attached hydrogen (secondary N) is 1. The third-order valence-corrected chi connectivity index (χ3v) is 7.09. The van der Waals surface area contributed by atoms with Crippen molar-refractivity contribution in [2.24, 2.45) is 16.7 Å². The molecule has 2 atom stereocenters. The van der Waals surface area contributed by atoms with Crippen LogP contribution in [0.5, 0.6) is 0 Å². The highest BCUT2D eigenvalue weighted by molar-refractivity contribution is 7.92. The molecule has 0 aromatic heterocycles. The second-order valence-corrected chi connectivity index (χ2v) is 8.76. The molecule has 1 aromatic carbocycles. The molecule has 0 amide bonds. The number of hydrogen-bond donors (Lipinski definition) is 1. The molecule has 3 rings (SSSR count). The van der Waals surface area contributed by atoms with Crippen molar-refractivity contribution in [1.29, 1.82) is 0 Å². The van der Waals surface area contributed by atoms with E-state index in [4.69, 9.17) is 0 Å². The van der Waals surface area contributed by atoms with Crippen LogP contribution in [0, 0.1) is 22.6 Å². The predicted octanol–water partition coefficient (Wildman–Crippen LogP) is 2.96. The molecule has 2 aliphatic rings. The summed E-state index contributed by atoms with van der Waals surface area (Å²) in [5.41, 5.74) is -0.924. The first-order valence-corrected chi connectivity index (χ1v) is 9.11. The molecule has 4 nitrogen and oxygen atoms in total. The fourth-order valence-corrected chi connectivity index (χ4v) is 6.08. The topological polar surface area (TPSA) is 63.2 Å². The van der Waals surface area contributed by atoms with Gasteiger partial charge in [0.25, 0.3) is 0 Å². The number of halogens is 1. The van der Waals surface area contributed by atoms with Gasteiger partial charge in [0.15, 0.2) is 0 Å². The standard InChI is InChI=1S/C16H20FNO3S/c1-15(2)11-6-7-16(15,14(19)8-11)10-22(20,21)18-13-5-3-4-12(17)9-13/h3-5,9,11,18H,6-8,10H2,1-2H3/t11-,16-/m1/s1. The van der Waals surface area contributed by atoms with Gasteiger partial charge in [0.05, 0.1) is 16.9 Å². The van der Waals surface area contributed by atoms with E-state index in [9.17, 15) is 17.6 Å². The van der Waals surface area contributed by atoms with Gasteiger partial charge in [-0.25, -0.2) is 12.8 Å². The molecular formula is C16H20FNO3S. The number of carbonyl (C=O) groups is 1. The number of carbonyl (C=O) groups excluding carboxylic acids is 1. The third-order valence-electron chi connectivity index (χ3n) is 5.67. The molecule has 2 fully saturated rings. The van der Waals surface area contributed by atoms with Gasteiger partial charge in [-0.3, -0.25) is 9.52 Å². The zero-order valence-corrected chi connectivity index (χ0v) is 13.5. The molecule has 6 heteroatoms. The molecule has 0 aliphatic heterocycles. The Morgan fingerprint density at radius 2 is 2.09 bits per heavy atom. The minimum Gasteiger partial charge on any atom is -0.299 e. The van der Waals surface area contributed by atoms with Gasteiger partial charge >= 0.3 is 0 Å². The average Bonchev–Trinajstić information content (AvgIpc) is 2.71. The van der Waals surface area contributed by atoms with Gasteiger partial charge in [0.1, 0.15) is 11.6 Å². The molecule has 1 aromatic rings. The summed E-state index contributed by atoms with van der Waals surface area (Å²) in [6.07, 6.45) is 1.99. The van der Waals surface area contributed by atoms with Crippen molar-refractivity contribution in [3.05, 3.63) is 30.1 Å². The highest BCUT2D eigenvalue weighted by Gasteiger charge is 2.65. The van der Waals surface area contributed by atoms with E-state index in [0.717, 1.165) is 12.5 Å². The van der Waals surface area contributed by atoms with Crippen molar-refractivity contribution in [3.8, 4) is 0 Å². The van der Waals surface area contributed by atoms with E-state index >= 15 is 0 Å². The molecule has 0 spiro atoms. The van der Waals surface area contributed by atoms with Crippen molar-refractivity contribution < 1.29 is 17.6 Å². The maximum Gasteiger partial charge on any atom is 0.233 e. The van der Waals surface area contributed by atoms with Gasteiger partial charge in [-0.15, -0.1) is 0 Å². The summed E-state index contributed by atoms with van der Waals surface area (Å²) in [4.78, 5) is 12.4. The number of fused-ring (bicyclic) bond motifs is 2. The van der Waals surface area contributed by atoms with E-state index in [-0.39, 0.29) is 28.6 Å². The van der Waals surface area contributed by atoms with Crippen LogP contribution in [0.1, 0.15) is 33.1 Å². The lowest BCUT2D eigenvalue weighted by atomic mass is 9.70. The molecule has 120 valence electrons. The molecule has 0 unspecified atom stereocenters. The minimum absolute atomic E-state index is 0.0540. The van der Waals surface area contributed by atoms with Gasteiger partial charge in [0, 0.05) is 6.42 Å². The number of anilines is 1. The largest absolute Gasteiger partial charge is 0.299 e. The Balaban J connectivity index is 1.87. The Morgan fingerprint density at radius 1 is 1.36 bits per heavy atom. The zero-order chi connectivity index (χ0) is 16.2. The van der Waals surface area contributed by atoms with E-state index in [1.807, 2.05) is 13.8 Å². The molecule has 2 bridgehead atoms. The van der Waals surface area contributed by atoms with Crippen LogP contribution in [0.3, 0.4) is 0 Å². The Morgan fingerprint density at radius 3 is 2.64 bits per heavy atom. The van der Waals surface area contributed by atoms with Gasteiger partial charge in [-0.05, 0) is 42.4 Å². The summed E-state index contributed by atoms with van der Waals surface area (Å²) in [6.45, 7) is 3.99. The van der Waals surface area contributed by atoms with Crippen molar-refractivity contribution in [3.63, 3.8) is 0 Å². The smallest absolute Gasteiger partial charge is 0.233 e. The maximum absolute atomic E-state index is 13.2. The lowest BCUT2D eigenvalue weighted by Gasteiger charge is -2.36.